The van der Waals surface area contributed by atoms with Gasteiger partial charge in [0.2, 0.25) is 0 Å². The van der Waals surface area contributed by atoms with Gasteiger partial charge in [-0.1, -0.05) is 36.5 Å². The van der Waals surface area contributed by atoms with Crippen LogP contribution in [-0.2, 0) is 0 Å². The summed E-state index contributed by atoms with van der Waals surface area (Å²) < 4.78 is 0. The molecule has 0 spiro atoms. The fourth-order valence-electron chi connectivity index (χ4n) is 3.18. The second kappa shape index (κ2) is 4.21. The molecule has 1 saturated heterocycles. The minimum atomic E-state index is 0.796. The van der Waals surface area contributed by atoms with Crippen molar-refractivity contribution in [3.05, 3.63) is 36.5 Å². The molecule has 1 fully saturated rings. The minimum Gasteiger partial charge on any atom is -0.154 e. The van der Waals surface area contributed by atoms with Crippen LogP contribution in [0, 0.1) is 17.8 Å². The summed E-state index contributed by atoms with van der Waals surface area (Å²) >= 11 is 2.18. The van der Waals surface area contributed by atoms with Gasteiger partial charge in [-0.25, -0.2) is 0 Å². The topological polar surface area (TPSA) is 0 Å². The zero-order chi connectivity index (χ0) is 10.1. The van der Waals surface area contributed by atoms with Crippen molar-refractivity contribution in [2.45, 2.75) is 24.5 Å². The van der Waals surface area contributed by atoms with Gasteiger partial charge in [0.05, 0.1) is 0 Å². The average molecular weight is 218 g/mol. The smallest absolute Gasteiger partial charge is 0.0261 e. The summed E-state index contributed by atoms with van der Waals surface area (Å²) in [6, 6.07) is 0. The van der Waals surface area contributed by atoms with Crippen molar-refractivity contribution >= 4 is 11.8 Å². The predicted octanol–water partition coefficient (Wildman–Crippen LogP) is 3.82. The quantitative estimate of drug-likeness (QED) is 0.557. The molecular formula is C14H18S. The third kappa shape index (κ3) is 1.82. The van der Waals surface area contributed by atoms with Gasteiger partial charge in [-0.15, -0.1) is 0 Å². The zero-order valence-corrected chi connectivity index (χ0v) is 9.83. The molecule has 4 atom stereocenters. The van der Waals surface area contributed by atoms with Crippen molar-refractivity contribution < 1.29 is 0 Å². The molecule has 1 heteroatoms. The normalized spacial score (nSPS) is 43.2. The molecule has 0 aromatic rings. The van der Waals surface area contributed by atoms with Gasteiger partial charge in [0.25, 0.3) is 0 Å². The van der Waals surface area contributed by atoms with E-state index < -0.39 is 0 Å². The van der Waals surface area contributed by atoms with Gasteiger partial charge in [0.15, 0.2) is 0 Å². The Hall–Kier alpha value is -0.430. The van der Waals surface area contributed by atoms with Crippen LogP contribution >= 0.6 is 11.8 Å². The predicted molar refractivity (Wildman–Crippen MR) is 68.0 cm³/mol. The van der Waals surface area contributed by atoms with E-state index in [4.69, 9.17) is 0 Å². The first kappa shape index (κ1) is 9.77. The lowest BCUT2D eigenvalue weighted by atomic mass is 9.73. The molecule has 4 unspecified atom stereocenters. The third-order valence-corrected chi connectivity index (χ3v) is 5.33. The molecule has 1 aliphatic heterocycles. The van der Waals surface area contributed by atoms with Crippen LogP contribution in [0.2, 0.25) is 0 Å². The Labute approximate surface area is 96.5 Å². The highest BCUT2D eigenvalue weighted by Gasteiger charge is 2.35. The van der Waals surface area contributed by atoms with E-state index in [0.29, 0.717) is 0 Å². The molecule has 1 heterocycles. The highest BCUT2D eigenvalue weighted by atomic mass is 32.2. The average Bonchev–Trinajstić information content (AvgIpc) is 2.48. The van der Waals surface area contributed by atoms with E-state index >= 15 is 0 Å². The van der Waals surface area contributed by atoms with Crippen molar-refractivity contribution in [3.8, 4) is 0 Å². The van der Waals surface area contributed by atoms with Crippen molar-refractivity contribution in [1.29, 1.82) is 0 Å². The Morgan fingerprint density at radius 3 is 2.93 bits per heavy atom. The summed E-state index contributed by atoms with van der Waals surface area (Å²) in [6.07, 6.45) is 18.3. The summed E-state index contributed by atoms with van der Waals surface area (Å²) in [4.78, 5) is 0. The Morgan fingerprint density at radius 1 is 1.00 bits per heavy atom. The number of fused-ring (bicyclic) bond motifs is 3. The lowest BCUT2D eigenvalue weighted by Crippen LogP contribution is -2.28. The number of allylic oxidation sites excluding steroid dienone is 5. The molecule has 0 nitrogen and oxygen atoms in total. The summed E-state index contributed by atoms with van der Waals surface area (Å²) in [7, 11) is 0. The van der Waals surface area contributed by atoms with Gasteiger partial charge in [-0.3, -0.25) is 0 Å². The second-order valence-corrected chi connectivity index (χ2v) is 6.09. The second-order valence-electron chi connectivity index (χ2n) is 4.80. The van der Waals surface area contributed by atoms with Crippen molar-refractivity contribution in [1.82, 2.24) is 0 Å². The van der Waals surface area contributed by atoms with E-state index in [1.807, 2.05) is 0 Å². The molecule has 15 heavy (non-hydrogen) atoms. The standard InChI is InChI=1S/C14H18S/c1-2-6-12-11(5-1)9-10-15-14-8-4-3-7-13(12)14/h1-2,4-6,8,11-14H,3,7,9-10H2. The molecule has 0 saturated carbocycles. The van der Waals surface area contributed by atoms with E-state index in [-0.39, 0.29) is 0 Å². The number of thioether (sulfide) groups is 1. The molecule has 3 aliphatic rings. The van der Waals surface area contributed by atoms with Gasteiger partial charge in [-0.05, 0) is 42.8 Å². The van der Waals surface area contributed by atoms with E-state index in [2.05, 4.69) is 48.2 Å². The summed E-state index contributed by atoms with van der Waals surface area (Å²) in [5, 5.41) is 0.796. The van der Waals surface area contributed by atoms with Gasteiger partial charge in [-0.2, -0.15) is 11.8 Å². The van der Waals surface area contributed by atoms with Gasteiger partial charge >= 0.3 is 0 Å². The van der Waals surface area contributed by atoms with Crippen LogP contribution in [0.15, 0.2) is 36.5 Å². The maximum Gasteiger partial charge on any atom is 0.0261 e. The monoisotopic (exact) mass is 218 g/mol. The van der Waals surface area contributed by atoms with Crippen LogP contribution in [0.3, 0.4) is 0 Å². The molecule has 0 radical (unpaired) electrons. The molecule has 3 rings (SSSR count). The molecule has 0 N–H and O–H groups in total. The van der Waals surface area contributed by atoms with Crippen LogP contribution in [0.5, 0.6) is 0 Å². The Morgan fingerprint density at radius 2 is 1.93 bits per heavy atom. The highest BCUT2D eigenvalue weighted by molar-refractivity contribution is 8.00. The first-order valence-electron chi connectivity index (χ1n) is 6.08. The first-order chi connectivity index (χ1) is 7.45. The summed E-state index contributed by atoms with van der Waals surface area (Å²) in [6.45, 7) is 0. The number of hydrogen-bond acceptors (Lipinski definition) is 1. The molecule has 0 aromatic heterocycles. The number of hydrogen-bond donors (Lipinski definition) is 0. The van der Waals surface area contributed by atoms with E-state index in [0.717, 1.165) is 23.0 Å². The molecule has 0 aromatic carbocycles. The van der Waals surface area contributed by atoms with Crippen LogP contribution in [0.4, 0.5) is 0 Å². The molecule has 0 amide bonds. The SMILES string of the molecule is C1=CC2CCSC3C=CCCC3C2C=C1. The first-order valence-corrected chi connectivity index (χ1v) is 7.13. The third-order valence-electron chi connectivity index (χ3n) is 3.97. The maximum atomic E-state index is 2.47. The van der Waals surface area contributed by atoms with Gasteiger partial charge in [0.1, 0.15) is 0 Å². The van der Waals surface area contributed by atoms with E-state index in [1.54, 1.807) is 0 Å². The molecule has 0 bridgehead atoms. The van der Waals surface area contributed by atoms with Crippen LogP contribution < -0.4 is 0 Å². The van der Waals surface area contributed by atoms with Gasteiger partial charge < -0.3 is 0 Å². The fourth-order valence-corrected chi connectivity index (χ4v) is 4.64. The van der Waals surface area contributed by atoms with Crippen molar-refractivity contribution in [3.63, 3.8) is 0 Å². The van der Waals surface area contributed by atoms with Crippen LogP contribution in [-0.4, -0.2) is 11.0 Å². The Bertz CT molecular complexity index is 313. The Kier molecular flexibility index (Phi) is 2.74. The van der Waals surface area contributed by atoms with Gasteiger partial charge in [0, 0.05) is 5.25 Å². The lowest BCUT2D eigenvalue weighted by molar-refractivity contribution is 0.305. The number of rotatable bonds is 0. The van der Waals surface area contributed by atoms with E-state index in [9.17, 15) is 0 Å². The van der Waals surface area contributed by atoms with Crippen LogP contribution in [0.1, 0.15) is 19.3 Å². The lowest BCUT2D eigenvalue weighted by Gasteiger charge is -2.34. The molecule has 2 aliphatic carbocycles. The maximum absolute atomic E-state index is 2.47. The molecular weight excluding hydrogens is 200 g/mol. The minimum absolute atomic E-state index is 0.796. The van der Waals surface area contributed by atoms with Crippen molar-refractivity contribution in [2.24, 2.45) is 17.8 Å². The Balaban J connectivity index is 1.89. The zero-order valence-electron chi connectivity index (χ0n) is 9.01. The van der Waals surface area contributed by atoms with Crippen LogP contribution in [0.25, 0.3) is 0 Å². The largest absolute Gasteiger partial charge is 0.154 e. The fraction of sp³-hybridized carbons (Fsp3) is 0.571. The summed E-state index contributed by atoms with van der Waals surface area (Å²) in [5.74, 6) is 3.88. The van der Waals surface area contributed by atoms with Crippen molar-refractivity contribution in [2.75, 3.05) is 5.75 Å². The highest BCUT2D eigenvalue weighted by Crippen LogP contribution is 2.44. The molecule has 80 valence electrons. The summed E-state index contributed by atoms with van der Waals surface area (Å²) in [5.41, 5.74) is 0. The van der Waals surface area contributed by atoms with E-state index in [1.165, 1.54) is 25.0 Å².